The van der Waals surface area contributed by atoms with E-state index < -0.39 is 0 Å². The van der Waals surface area contributed by atoms with Crippen LogP contribution in [0.15, 0.2) is 66.0 Å². The van der Waals surface area contributed by atoms with Crippen molar-refractivity contribution >= 4 is 23.2 Å². The molecule has 0 aliphatic carbocycles. The standard InChI is InChI=1S/C30H36N2O3S/c1-4-16-31(29(33)19-23-8-6-5-7-9-23)20-30(34)32-17-14-28-26(15-18-36-28)27(32)21-35-25-12-10-24(11-13-25)22(2)3/h5-13,15,18,22,27H,4,14,16-17,19-21H2,1-3H3/t27-/m0/s1. The van der Waals surface area contributed by atoms with Gasteiger partial charge >= 0.3 is 0 Å². The first-order chi connectivity index (χ1) is 17.5. The SMILES string of the molecule is CCCN(CC(=O)N1CCc2sccc2[C@@H]1COc1ccc(C(C)C)cc1)C(=O)Cc1ccccc1. The highest BCUT2D eigenvalue weighted by Crippen LogP contribution is 2.34. The molecule has 1 aliphatic rings. The van der Waals surface area contributed by atoms with E-state index in [2.05, 4.69) is 37.4 Å². The third kappa shape index (κ3) is 6.35. The molecule has 0 spiro atoms. The van der Waals surface area contributed by atoms with Crippen LogP contribution in [0.4, 0.5) is 0 Å². The van der Waals surface area contributed by atoms with Gasteiger partial charge in [-0.2, -0.15) is 0 Å². The zero-order chi connectivity index (χ0) is 25.5. The third-order valence-electron chi connectivity index (χ3n) is 6.74. The smallest absolute Gasteiger partial charge is 0.242 e. The fourth-order valence-electron chi connectivity index (χ4n) is 4.70. The molecule has 4 rings (SSSR count). The Morgan fingerprint density at radius 2 is 1.83 bits per heavy atom. The van der Waals surface area contributed by atoms with Crippen molar-refractivity contribution in [2.45, 2.75) is 52.0 Å². The summed E-state index contributed by atoms with van der Waals surface area (Å²) in [5, 5.41) is 2.09. The number of rotatable bonds is 10. The largest absolute Gasteiger partial charge is 0.491 e. The Balaban J connectivity index is 1.46. The van der Waals surface area contributed by atoms with Crippen LogP contribution in [-0.4, -0.2) is 47.9 Å². The fourth-order valence-corrected chi connectivity index (χ4v) is 5.63. The molecule has 1 aliphatic heterocycles. The number of nitrogens with zero attached hydrogens (tertiary/aromatic N) is 2. The van der Waals surface area contributed by atoms with Crippen molar-refractivity contribution in [1.29, 1.82) is 0 Å². The van der Waals surface area contributed by atoms with Crippen molar-refractivity contribution in [3.05, 3.63) is 87.6 Å². The minimum Gasteiger partial charge on any atom is -0.491 e. The molecule has 2 amide bonds. The highest BCUT2D eigenvalue weighted by molar-refractivity contribution is 7.10. The lowest BCUT2D eigenvalue weighted by Crippen LogP contribution is -2.48. The van der Waals surface area contributed by atoms with E-state index >= 15 is 0 Å². The maximum atomic E-state index is 13.6. The number of carbonyl (C=O) groups is 2. The topological polar surface area (TPSA) is 49.9 Å². The van der Waals surface area contributed by atoms with Gasteiger partial charge in [-0.3, -0.25) is 9.59 Å². The minimum atomic E-state index is -0.162. The van der Waals surface area contributed by atoms with Crippen LogP contribution < -0.4 is 4.74 Å². The van der Waals surface area contributed by atoms with Gasteiger partial charge in [0.2, 0.25) is 11.8 Å². The molecule has 0 saturated carbocycles. The number of fused-ring (bicyclic) bond motifs is 1. The number of amides is 2. The Morgan fingerprint density at radius 3 is 2.53 bits per heavy atom. The molecular weight excluding hydrogens is 468 g/mol. The highest BCUT2D eigenvalue weighted by Gasteiger charge is 2.33. The van der Waals surface area contributed by atoms with E-state index in [1.165, 1.54) is 10.4 Å². The van der Waals surface area contributed by atoms with Crippen LogP contribution in [0.2, 0.25) is 0 Å². The van der Waals surface area contributed by atoms with Gasteiger partial charge in [0.05, 0.1) is 19.0 Å². The van der Waals surface area contributed by atoms with Crippen molar-refractivity contribution in [3.8, 4) is 5.75 Å². The summed E-state index contributed by atoms with van der Waals surface area (Å²) in [6.07, 6.45) is 1.95. The van der Waals surface area contributed by atoms with E-state index in [-0.39, 0.29) is 24.4 Å². The van der Waals surface area contributed by atoms with Crippen LogP contribution in [0, 0.1) is 0 Å². The van der Waals surface area contributed by atoms with Gasteiger partial charge in [0, 0.05) is 18.0 Å². The third-order valence-corrected chi connectivity index (χ3v) is 7.74. The molecular formula is C30H36N2O3S. The van der Waals surface area contributed by atoms with E-state index in [0.29, 0.717) is 32.0 Å². The maximum Gasteiger partial charge on any atom is 0.242 e. The van der Waals surface area contributed by atoms with Gasteiger partial charge in [0.25, 0.3) is 0 Å². The predicted octanol–water partition coefficient (Wildman–Crippen LogP) is 5.86. The first-order valence-electron chi connectivity index (χ1n) is 12.9. The molecule has 0 N–H and O–H groups in total. The number of hydrogen-bond acceptors (Lipinski definition) is 4. The van der Waals surface area contributed by atoms with Crippen LogP contribution in [0.3, 0.4) is 0 Å². The summed E-state index contributed by atoms with van der Waals surface area (Å²) in [5.74, 6) is 1.24. The van der Waals surface area contributed by atoms with Crippen molar-refractivity contribution in [2.75, 3.05) is 26.2 Å². The van der Waals surface area contributed by atoms with Gasteiger partial charge < -0.3 is 14.5 Å². The van der Waals surface area contributed by atoms with Crippen molar-refractivity contribution in [2.24, 2.45) is 0 Å². The molecule has 0 bridgehead atoms. The zero-order valence-corrected chi connectivity index (χ0v) is 22.3. The van der Waals surface area contributed by atoms with E-state index in [9.17, 15) is 9.59 Å². The second-order valence-electron chi connectivity index (χ2n) is 9.66. The quantitative estimate of drug-likeness (QED) is 0.348. The number of carbonyl (C=O) groups excluding carboxylic acids is 2. The summed E-state index contributed by atoms with van der Waals surface area (Å²) in [7, 11) is 0. The lowest BCUT2D eigenvalue weighted by atomic mass is 10.00. The molecule has 0 fully saturated rings. The number of hydrogen-bond donors (Lipinski definition) is 0. The number of benzene rings is 2. The van der Waals surface area contributed by atoms with Crippen molar-refractivity contribution in [3.63, 3.8) is 0 Å². The zero-order valence-electron chi connectivity index (χ0n) is 21.5. The van der Waals surface area contributed by atoms with Crippen LogP contribution in [0.1, 0.15) is 60.7 Å². The maximum absolute atomic E-state index is 13.6. The summed E-state index contributed by atoms with van der Waals surface area (Å²) < 4.78 is 6.20. The van der Waals surface area contributed by atoms with Gasteiger partial charge in [-0.15, -0.1) is 11.3 Å². The molecule has 0 radical (unpaired) electrons. The summed E-state index contributed by atoms with van der Waals surface area (Å²) >= 11 is 1.74. The van der Waals surface area contributed by atoms with Crippen LogP contribution in [0.25, 0.3) is 0 Å². The average molecular weight is 505 g/mol. The average Bonchev–Trinajstić information content (AvgIpc) is 3.37. The normalized spacial score (nSPS) is 15.0. The summed E-state index contributed by atoms with van der Waals surface area (Å²) in [5.41, 5.74) is 3.40. The Kier molecular flexibility index (Phi) is 8.81. The summed E-state index contributed by atoms with van der Waals surface area (Å²) in [6.45, 7) is 8.07. The molecule has 3 aromatic rings. The number of ether oxygens (including phenoxy) is 1. The molecule has 1 aromatic heterocycles. The van der Waals surface area contributed by atoms with Gasteiger partial charge in [-0.1, -0.05) is 63.2 Å². The first-order valence-corrected chi connectivity index (χ1v) is 13.7. The molecule has 2 aromatic carbocycles. The molecule has 2 heterocycles. The molecule has 0 saturated heterocycles. The molecule has 190 valence electrons. The van der Waals surface area contributed by atoms with E-state index in [4.69, 9.17) is 4.74 Å². The van der Waals surface area contributed by atoms with Crippen LogP contribution in [0.5, 0.6) is 5.75 Å². The lowest BCUT2D eigenvalue weighted by molar-refractivity contribution is -0.142. The minimum absolute atomic E-state index is 0.0114. The Hall–Kier alpha value is -3.12. The van der Waals surface area contributed by atoms with Gasteiger partial charge in [-0.05, 0) is 59.0 Å². The Labute approximate surface area is 218 Å². The van der Waals surface area contributed by atoms with Crippen LogP contribution >= 0.6 is 11.3 Å². The molecule has 6 heteroatoms. The van der Waals surface area contributed by atoms with E-state index in [0.717, 1.165) is 29.7 Å². The van der Waals surface area contributed by atoms with Crippen molar-refractivity contribution in [1.82, 2.24) is 9.80 Å². The summed E-state index contributed by atoms with van der Waals surface area (Å²) in [6, 6.07) is 19.9. The predicted molar refractivity (Wildman–Crippen MR) is 146 cm³/mol. The van der Waals surface area contributed by atoms with Crippen LogP contribution in [-0.2, 0) is 22.4 Å². The second kappa shape index (κ2) is 12.2. The second-order valence-corrected chi connectivity index (χ2v) is 10.7. The molecule has 0 unspecified atom stereocenters. The summed E-state index contributed by atoms with van der Waals surface area (Å²) in [4.78, 5) is 31.6. The Morgan fingerprint density at radius 1 is 1.08 bits per heavy atom. The van der Waals surface area contributed by atoms with Crippen molar-refractivity contribution < 1.29 is 14.3 Å². The van der Waals surface area contributed by atoms with Gasteiger partial charge in [0.1, 0.15) is 12.4 Å². The number of thiophene rings is 1. The first kappa shape index (κ1) is 26.0. The monoisotopic (exact) mass is 504 g/mol. The molecule has 1 atom stereocenters. The molecule has 5 nitrogen and oxygen atoms in total. The van der Waals surface area contributed by atoms with Gasteiger partial charge in [-0.25, -0.2) is 0 Å². The van der Waals surface area contributed by atoms with E-state index in [1.54, 1.807) is 16.2 Å². The molecule has 36 heavy (non-hydrogen) atoms. The fraction of sp³-hybridized carbons (Fsp3) is 0.400. The lowest BCUT2D eigenvalue weighted by Gasteiger charge is -2.37. The highest BCUT2D eigenvalue weighted by atomic mass is 32.1. The Bertz CT molecular complexity index is 1140. The van der Waals surface area contributed by atoms with E-state index in [1.807, 2.05) is 54.3 Å². The van der Waals surface area contributed by atoms with Gasteiger partial charge in [0.15, 0.2) is 0 Å².